The Morgan fingerprint density at radius 3 is 1.74 bits per heavy atom. The zero-order valence-electron chi connectivity index (χ0n) is 25.7. The van der Waals surface area contributed by atoms with Gasteiger partial charge in [-0.2, -0.15) is 0 Å². The maximum atomic E-state index is 13.2. The number of aromatic amines is 1. The molecule has 0 aliphatic carbocycles. The number of anilines is 2. The van der Waals surface area contributed by atoms with E-state index < -0.39 is 0 Å². The number of carbonyl (C=O) groups excluding carboxylic acids is 4. The summed E-state index contributed by atoms with van der Waals surface area (Å²) in [5, 5.41) is 11.8. The van der Waals surface area contributed by atoms with Crippen LogP contribution in [0.3, 0.4) is 0 Å². The Hall–Kier alpha value is -6.06. The van der Waals surface area contributed by atoms with Gasteiger partial charge in [0.25, 0.3) is 23.6 Å². The molecule has 0 atom stereocenters. The average molecular weight is 636 g/mol. The van der Waals surface area contributed by atoms with Crippen LogP contribution in [-0.2, 0) is 14.1 Å². The minimum atomic E-state index is -0.386. The summed E-state index contributed by atoms with van der Waals surface area (Å²) in [5.41, 5.74) is 15.9. The molecule has 0 aliphatic heterocycles. The van der Waals surface area contributed by atoms with Gasteiger partial charge in [-0.3, -0.25) is 19.2 Å². The van der Waals surface area contributed by atoms with Crippen molar-refractivity contribution in [2.75, 3.05) is 36.8 Å². The highest BCUT2D eigenvalue weighted by atomic mass is 16.2. The van der Waals surface area contributed by atoms with Gasteiger partial charge in [-0.05, 0) is 60.7 Å². The van der Waals surface area contributed by atoms with Gasteiger partial charge in [0.2, 0.25) is 0 Å². The SMILES string of the molecule is Cn1c(C(=O)NCCN)nc2cc(NC(=O)c3ccc4[nH]c(C(=O)Nc5ccc6c(c5)nc(C(=O)NCCN)n6C)cc4c3)ccc21. The van der Waals surface area contributed by atoms with Crippen molar-refractivity contribution in [3.63, 3.8) is 0 Å². The van der Waals surface area contributed by atoms with E-state index in [1.807, 2.05) is 0 Å². The predicted molar refractivity (Wildman–Crippen MR) is 178 cm³/mol. The fraction of sp³-hybridized carbons (Fsp3) is 0.188. The third kappa shape index (κ3) is 6.12. The highest BCUT2D eigenvalue weighted by Gasteiger charge is 2.18. The van der Waals surface area contributed by atoms with Crippen molar-refractivity contribution in [3.8, 4) is 0 Å². The molecule has 47 heavy (non-hydrogen) atoms. The van der Waals surface area contributed by atoms with Gasteiger partial charge in [-0.25, -0.2) is 9.97 Å². The number of aromatic nitrogens is 5. The third-order valence-electron chi connectivity index (χ3n) is 7.67. The molecule has 0 saturated carbocycles. The van der Waals surface area contributed by atoms with E-state index in [0.717, 1.165) is 11.0 Å². The van der Waals surface area contributed by atoms with Gasteiger partial charge in [-0.1, -0.05) is 0 Å². The van der Waals surface area contributed by atoms with Crippen molar-refractivity contribution >= 4 is 68.0 Å². The molecule has 240 valence electrons. The molecule has 0 radical (unpaired) electrons. The van der Waals surface area contributed by atoms with Gasteiger partial charge < -0.3 is 46.9 Å². The molecule has 6 aromatic rings. The third-order valence-corrected chi connectivity index (χ3v) is 7.67. The number of nitrogens with one attached hydrogen (secondary N) is 5. The minimum absolute atomic E-state index is 0.238. The Kier molecular flexibility index (Phi) is 8.39. The highest BCUT2D eigenvalue weighted by Crippen LogP contribution is 2.24. The predicted octanol–water partition coefficient (Wildman–Crippen LogP) is 1.82. The molecule has 3 heterocycles. The van der Waals surface area contributed by atoms with Gasteiger partial charge in [0.1, 0.15) is 5.69 Å². The van der Waals surface area contributed by atoms with E-state index in [1.54, 1.807) is 83.9 Å². The van der Waals surface area contributed by atoms with Gasteiger partial charge in [0.05, 0.1) is 22.1 Å². The van der Waals surface area contributed by atoms with Crippen LogP contribution in [0.2, 0.25) is 0 Å². The zero-order valence-corrected chi connectivity index (χ0v) is 25.7. The van der Waals surface area contributed by atoms with Crippen LogP contribution >= 0.6 is 0 Å². The second-order valence-corrected chi connectivity index (χ2v) is 10.9. The number of benzene rings is 3. The number of carbonyl (C=O) groups is 4. The maximum absolute atomic E-state index is 13.2. The molecule has 3 aromatic carbocycles. The zero-order chi connectivity index (χ0) is 33.2. The van der Waals surface area contributed by atoms with E-state index in [-0.39, 0.29) is 35.3 Å². The number of amides is 4. The number of nitrogens with two attached hydrogens (primary N) is 2. The second-order valence-electron chi connectivity index (χ2n) is 10.9. The molecule has 0 unspecified atom stereocenters. The number of hydrogen-bond donors (Lipinski definition) is 7. The normalized spacial score (nSPS) is 11.2. The first-order chi connectivity index (χ1) is 22.7. The van der Waals surface area contributed by atoms with Gasteiger partial charge in [0.15, 0.2) is 11.6 Å². The van der Waals surface area contributed by atoms with Crippen LogP contribution in [0, 0.1) is 0 Å². The Bertz CT molecular complexity index is 2080. The first-order valence-corrected chi connectivity index (χ1v) is 14.8. The van der Waals surface area contributed by atoms with Gasteiger partial charge in [-0.15, -0.1) is 0 Å². The van der Waals surface area contributed by atoms with Crippen LogP contribution in [0.1, 0.15) is 42.1 Å². The first-order valence-electron chi connectivity index (χ1n) is 14.8. The Morgan fingerprint density at radius 2 is 1.21 bits per heavy atom. The quantitative estimate of drug-likeness (QED) is 0.117. The lowest BCUT2D eigenvalue weighted by atomic mass is 10.1. The lowest BCUT2D eigenvalue weighted by Gasteiger charge is -2.06. The number of nitrogens with zero attached hydrogens (tertiary/aromatic N) is 4. The van der Waals surface area contributed by atoms with Crippen LogP contribution in [0.4, 0.5) is 11.4 Å². The summed E-state index contributed by atoms with van der Waals surface area (Å²) in [7, 11) is 3.49. The molecule has 15 heteroatoms. The number of rotatable bonds is 10. The largest absolute Gasteiger partial charge is 0.351 e. The topological polar surface area (TPSA) is 220 Å². The van der Waals surface area contributed by atoms with Crippen LogP contribution < -0.4 is 32.7 Å². The van der Waals surface area contributed by atoms with E-state index in [0.29, 0.717) is 70.7 Å². The molecule has 4 amide bonds. The smallest absolute Gasteiger partial charge is 0.287 e. The van der Waals surface area contributed by atoms with Gasteiger partial charge >= 0.3 is 0 Å². The minimum Gasteiger partial charge on any atom is -0.351 e. The molecule has 0 bridgehead atoms. The fourth-order valence-electron chi connectivity index (χ4n) is 5.29. The van der Waals surface area contributed by atoms with Gasteiger partial charge in [0, 0.05) is 68.1 Å². The monoisotopic (exact) mass is 635 g/mol. The van der Waals surface area contributed by atoms with Crippen molar-refractivity contribution in [3.05, 3.63) is 83.6 Å². The highest BCUT2D eigenvalue weighted by molar-refractivity contribution is 6.09. The molecule has 0 fully saturated rings. The number of hydrogen-bond acceptors (Lipinski definition) is 8. The van der Waals surface area contributed by atoms with Crippen molar-refractivity contribution in [1.29, 1.82) is 0 Å². The van der Waals surface area contributed by atoms with Crippen LogP contribution in [-0.4, -0.2) is 73.9 Å². The first kappa shape index (κ1) is 30.9. The summed E-state index contributed by atoms with van der Waals surface area (Å²) >= 11 is 0. The van der Waals surface area contributed by atoms with Crippen LogP contribution in [0.5, 0.6) is 0 Å². The standard InChI is InChI=1S/C32H33N11O4/c1-42-25-7-4-19(15-22(25)40-27(42)31(46)35-11-9-33)37-29(44)17-3-6-21-18(13-17)14-24(39-21)30(45)38-20-5-8-26-23(16-20)41-28(43(26)2)32(47)36-12-10-34/h3-8,13-16,39H,9-12,33-34H2,1-2H3,(H,35,46)(H,36,47)(H,37,44)(H,38,45). The van der Waals surface area contributed by atoms with Crippen LogP contribution in [0.15, 0.2) is 60.7 Å². The van der Waals surface area contributed by atoms with Crippen molar-refractivity contribution in [1.82, 2.24) is 34.7 Å². The summed E-state index contributed by atoms with van der Waals surface area (Å²) in [5.74, 6) is -0.927. The van der Waals surface area contributed by atoms with E-state index in [4.69, 9.17) is 11.5 Å². The molecule has 0 spiro atoms. The Labute approximate surface area is 267 Å². The Morgan fingerprint density at radius 1 is 0.681 bits per heavy atom. The van der Waals surface area contributed by atoms with E-state index >= 15 is 0 Å². The van der Waals surface area contributed by atoms with Crippen LogP contribution in [0.25, 0.3) is 33.0 Å². The molecule has 6 rings (SSSR count). The van der Waals surface area contributed by atoms with E-state index in [2.05, 4.69) is 36.2 Å². The maximum Gasteiger partial charge on any atom is 0.287 e. The second kappa shape index (κ2) is 12.7. The number of H-pyrrole nitrogens is 1. The molecule has 0 aliphatic rings. The summed E-state index contributed by atoms with van der Waals surface area (Å²) in [6.07, 6.45) is 0. The summed E-state index contributed by atoms with van der Waals surface area (Å²) in [6.45, 7) is 1.31. The molecular weight excluding hydrogens is 602 g/mol. The fourth-order valence-corrected chi connectivity index (χ4v) is 5.29. The van der Waals surface area contributed by atoms with E-state index in [1.165, 1.54) is 0 Å². The lowest BCUT2D eigenvalue weighted by molar-refractivity contribution is 0.0934. The summed E-state index contributed by atoms with van der Waals surface area (Å²) in [6, 6.07) is 17.2. The Balaban J connectivity index is 1.15. The molecule has 0 saturated heterocycles. The number of imidazole rings is 2. The number of aryl methyl sites for hydroxylation is 2. The van der Waals surface area contributed by atoms with Crippen molar-refractivity contribution in [2.24, 2.45) is 25.6 Å². The molecule has 9 N–H and O–H groups in total. The van der Waals surface area contributed by atoms with Crippen molar-refractivity contribution in [2.45, 2.75) is 0 Å². The lowest BCUT2D eigenvalue weighted by Crippen LogP contribution is -2.30. The molecular formula is C32H33N11O4. The van der Waals surface area contributed by atoms with E-state index in [9.17, 15) is 19.2 Å². The summed E-state index contributed by atoms with van der Waals surface area (Å²) in [4.78, 5) is 63.1. The summed E-state index contributed by atoms with van der Waals surface area (Å²) < 4.78 is 3.36. The molecule has 3 aromatic heterocycles. The average Bonchev–Trinajstić information content (AvgIpc) is 3.75. The number of fused-ring (bicyclic) bond motifs is 3. The van der Waals surface area contributed by atoms with Crippen molar-refractivity contribution < 1.29 is 19.2 Å². The molecule has 15 nitrogen and oxygen atoms in total.